The van der Waals surface area contributed by atoms with Crippen LogP contribution in [0.3, 0.4) is 0 Å². The van der Waals surface area contributed by atoms with Crippen molar-refractivity contribution in [3.63, 3.8) is 0 Å². The first-order valence-corrected chi connectivity index (χ1v) is 9.00. The zero-order valence-electron chi connectivity index (χ0n) is 15.9. The third-order valence-corrected chi connectivity index (χ3v) is 4.71. The maximum atomic E-state index is 12.7. The second-order valence-electron chi connectivity index (χ2n) is 6.74. The molecule has 1 amide bonds. The third-order valence-electron chi connectivity index (χ3n) is 4.71. The van der Waals surface area contributed by atoms with Crippen LogP contribution in [0.5, 0.6) is 0 Å². The number of carboxylic acids is 1. The molecule has 2 N–H and O–H groups in total. The van der Waals surface area contributed by atoms with E-state index in [-0.39, 0.29) is 30.4 Å². The number of nitrogens with one attached hydrogen (secondary N) is 1. The second-order valence-corrected chi connectivity index (χ2v) is 6.74. The van der Waals surface area contributed by atoms with Gasteiger partial charge in [-0.25, -0.2) is 4.79 Å². The van der Waals surface area contributed by atoms with Gasteiger partial charge in [0.2, 0.25) is 5.91 Å². The van der Waals surface area contributed by atoms with E-state index in [0.29, 0.717) is 31.9 Å². The first-order valence-electron chi connectivity index (χ1n) is 9.00. The standard InChI is InChI=1S/C20H20F3N3O3.ClH/c21-20(22,23)15-3-7-17(8-4-15)26-11-9-25(10-12-26)13-18(27)24-16-5-1-14(2-6-16)19(28)29;/h1-8H,9-13H2,(H,24,27)(H,28,29);1H. The van der Waals surface area contributed by atoms with Gasteiger partial charge in [-0.1, -0.05) is 0 Å². The summed E-state index contributed by atoms with van der Waals surface area (Å²) in [6.45, 7) is 2.60. The lowest BCUT2D eigenvalue weighted by atomic mass is 10.1. The van der Waals surface area contributed by atoms with Gasteiger partial charge in [-0.2, -0.15) is 13.2 Å². The number of amides is 1. The quantitative estimate of drug-likeness (QED) is 0.739. The molecule has 1 saturated heterocycles. The zero-order valence-corrected chi connectivity index (χ0v) is 16.7. The molecular formula is C20H21ClF3N3O3. The highest BCUT2D eigenvalue weighted by Crippen LogP contribution is 2.30. The molecule has 0 unspecified atom stereocenters. The summed E-state index contributed by atoms with van der Waals surface area (Å²) in [4.78, 5) is 27.0. The lowest BCUT2D eigenvalue weighted by molar-refractivity contribution is -0.137. The number of benzene rings is 2. The van der Waals surface area contributed by atoms with E-state index < -0.39 is 17.7 Å². The Kier molecular flexibility index (Phi) is 7.69. The molecule has 1 aliphatic heterocycles. The molecule has 1 aliphatic rings. The van der Waals surface area contributed by atoms with Crippen LogP contribution in [0.15, 0.2) is 48.5 Å². The average molecular weight is 444 g/mol. The molecule has 0 atom stereocenters. The highest BCUT2D eigenvalue weighted by Gasteiger charge is 2.30. The number of nitrogens with zero attached hydrogens (tertiary/aromatic N) is 2. The molecular weight excluding hydrogens is 423 g/mol. The van der Waals surface area contributed by atoms with Gasteiger partial charge >= 0.3 is 12.1 Å². The van der Waals surface area contributed by atoms with Crippen molar-refractivity contribution >= 4 is 35.7 Å². The Labute approximate surface area is 177 Å². The van der Waals surface area contributed by atoms with Crippen molar-refractivity contribution in [1.82, 2.24) is 4.90 Å². The minimum atomic E-state index is -4.35. The number of aromatic carboxylic acids is 1. The van der Waals surface area contributed by atoms with Crippen molar-refractivity contribution in [2.24, 2.45) is 0 Å². The predicted molar refractivity (Wildman–Crippen MR) is 109 cm³/mol. The smallest absolute Gasteiger partial charge is 0.416 e. The van der Waals surface area contributed by atoms with E-state index in [2.05, 4.69) is 5.32 Å². The lowest BCUT2D eigenvalue weighted by Gasteiger charge is -2.35. The fraction of sp³-hybridized carbons (Fsp3) is 0.300. The van der Waals surface area contributed by atoms with Crippen LogP contribution in [-0.4, -0.2) is 54.6 Å². The van der Waals surface area contributed by atoms with Crippen molar-refractivity contribution in [2.45, 2.75) is 6.18 Å². The van der Waals surface area contributed by atoms with Crippen molar-refractivity contribution < 1.29 is 27.9 Å². The molecule has 1 fully saturated rings. The molecule has 0 radical (unpaired) electrons. The molecule has 6 nitrogen and oxygen atoms in total. The lowest BCUT2D eigenvalue weighted by Crippen LogP contribution is -2.48. The number of anilines is 2. The van der Waals surface area contributed by atoms with Crippen molar-refractivity contribution in [1.29, 1.82) is 0 Å². The zero-order chi connectivity index (χ0) is 21.0. The van der Waals surface area contributed by atoms with Gasteiger partial charge < -0.3 is 15.3 Å². The van der Waals surface area contributed by atoms with Crippen molar-refractivity contribution in [2.75, 3.05) is 42.9 Å². The Bertz CT molecular complexity index is 866. The first kappa shape index (κ1) is 23.5. The van der Waals surface area contributed by atoms with Crippen molar-refractivity contribution in [3.05, 3.63) is 59.7 Å². The molecule has 3 rings (SSSR count). The number of carbonyl (C=O) groups is 2. The Balaban J connectivity index is 0.00000320. The number of hydrogen-bond acceptors (Lipinski definition) is 4. The van der Waals surface area contributed by atoms with E-state index in [9.17, 15) is 22.8 Å². The summed E-state index contributed by atoms with van der Waals surface area (Å²) in [6, 6.07) is 11.0. The highest BCUT2D eigenvalue weighted by atomic mass is 35.5. The van der Waals surface area contributed by atoms with E-state index in [0.717, 1.165) is 17.8 Å². The van der Waals surface area contributed by atoms with Crippen LogP contribution in [-0.2, 0) is 11.0 Å². The number of halogens is 4. The monoisotopic (exact) mass is 443 g/mol. The van der Waals surface area contributed by atoms with Crippen LogP contribution in [0, 0.1) is 0 Å². The summed E-state index contributed by atoms with van der Waals surface area (Å²) in [5.41, 5.74) is 0.708. The topological polar surface area (TPSA) is 72.9 Å². The number of rotatable bonds is 5. The number of hydrogen-bond donors (Lipinski definition) is 2. The van der Waals surface area contributed by atoms with E-state index in [4.69, 9.17) is 5.11 Å². The molecule has 0 aliphatic carbocycles. The summed E-state index contributed by atoms with van der Waals surface area (Å²) in [6.07, 6.45) is -4.35. The van der Waals surface area contributed by atoms with Gasteiger partial charge in [-0.15, -0.1) is 12.4 Å². The van der Waals surface area contributed by atoms with Gasteiger partial charge in [0.25, 0.3) is 0 Å². The maximum Gasteiger partial charge on any atom is 0.416 e. The van der Waals surface area contributed by atoms with E-state index in [1.807, 2.05) is 9.80 Å². The highest BCUT2D eigenvalue weighted by molar-refractivity contribution is 5.93. The molecule has 1 heterocycles. The van der Waals surface area contributed by atoms with Crippen LogP contribution >= 0.6 is 12.4 Å². The number of carboxylic acid groups (broad SMARTS) is 1. The Morgan fingerprint density at radius 2 is 1.50 bits per heavy atom. The molecule has 0 spiro atoms. The average Bonchev–Trinajstić information content (AvgIpc) is 2.68. The minimum Gasteiger partial charge on any atom is -0.478 e. The third kappa shape index (κ3) is 6.11. The van der Waals surface area contributed by atoms with Crippen LogP contribution in [0.1, 0.15) is 15.9 Å². The number of piperazine rings is 1. The Morgan fingerprint density at radius 3 is 2.00 bits per heavy atom. The molecule has 0 bridgehead atoms. The summed E-state index contributed by atoms with van der Waals surface area (Å²) in [5.74, 6) is -1.25. The molecule has 0 saturated carbocycles. The normalized spacial score (nSPS) is 14.7. The van der Waals surface area contributed by atoms with E-state index >= 15 is 0 Å². The molecule has 162 valence electrons. The summed E-state index contributed by atoms with van der Waals surface area (Å²) in [7, 11) is 0. The van der Waals surface area contributed by atoms with Gasteiger partial charge in [-0.3, -0.25) is 9.69 Å². The first-order chi connectivity index (χ1) is 13.7. The van der Waals surface area contributed by atoms with Crippen LogP contribution in [0.2, 0.25) is 0 Å². The van der Waals surface area contributed by atoms with Gasteiger partial charge in [0.15, 0.2) is 0 Å². The van der Waals surface area contributed by atoms with Crippen LogP contribution < -0.4 is 10.2 Å². The van der Waals surface area contributed by atoms with Crippen LogP contribution in [0.25, 0.3) is 0 Å². The van der Waals surface area contributed by atoms with Gasteiger partial charge in [0.1, 0.15) is 0 Å². The van der Waals surface area contributed by atoms with Crippen molar-refractivity contribution in [3.8, 4) is 0 Å². The Morgan fingerprint density at radius 1 is 0.933 bits per heavy atom. The Hall–Kier alpha value is -2.78. The minimum absolute atomic E-state index is 0. The largest absolute Gasteiger partial charge is 0.478 e. The number of carbonyl (C=O) groups excluding carboxylic acids is 1. The molecule has 0 aromatic heterocycles. The summed E-state index contributed by atoms with van der Waals surface area (Å²) < 4.78 is 38.0. The second kappa shape index (κ2) is 9.82. The fourth-order valence-electron chi connectivity index (χ4n) is 3.13. The number of alkyl halides is 3. The van der Waals surface area contributed by atoms with Gasteiger partial charge in [-0.05, 0) is 48.5 Å². The van der Waals surface area contributed by atoms with Crippen LogP contribution in [0.4, 0.5) is 24.5 Å². The fourth-order valence-corrected chi connectivity index (χ4v) is 3.13. The molecule has 30 heavy (non-hydrogen) atoms. The van der Waals surface area contributed by atoms with Gasteiger partial charge in [0, 0.05) is 37.6 Å². The van der Waals surface area contributed by atoms with E-state index in [1.54, 1.807) is 0 Å². The molecule has 10 heteroatoms. The SMILES string of the molecule is Cl.O=C(CN1CCN(c2ccc(C(F)(F)F)cc2)CC1)Nc1ccc(C(=O)O)cc1. The molecule has 2 aromatic carbocycles. The molecule has 2 aromatic rings. The summed E-state index contributed by atoms with van der Waals surface area (Å²) in [5, 5.41) is 11.6. The van der Waals surface area contributed by atoms with E-state index in [1.165, 1.54) is 36.4 Å². The summed E-state index contributed by atoms with van der Waals surface area (Å²) >= 11 is 0. The maximum absolute atomic E-state index is 12.7. The predicted octanol–water partition coefficient (Wildman–Crippen LogP) is 3.59. The van der Waals surface area contributed by atoms with Gasteiger partial charge in [0.05, 0.1) is 17.7 Å².